The molecule has 0 radical (unpaired) electrons. The second-order valence-corrected chi connectivity index (χ2v) is 5.55. The van der Waals surface area contributed by atoms with E-state index in [0.717, 1.165) is 30.6 Å². The Hall–Kier alpha value is -4.13. The molecule has 36 heavy (non-hydrogen) atoms. The Labute approximate surface area is 207 Å². The summed E-state index contributed by atoms with van der Waals surface area (Å²) in [6, 6.07) is 0. The molecule has 0 aliphatic heterocycles. The summed E-state index contributed by atoms with van der Waals surface area (Å²) in [4.78, 5) is 71.4. The fourth-order valence-corrected chi connectivity index (χ4v) is 1.48. The van der Waals surface area contributed by atoms with E-state index in [2.05, 4.69) is 13.2 Å². The van der Waals surface area contributed by atoms with Crippen molar-refractivity contribution in [1.82, 2.24) is 22.1 Å². The third kappa shape index (κ3) is 87.5. The first-order valence-corrected chi connectivity index (χ1v) is 8.81. The molecule has 0 saturated heterocycles. The molecule has 0 saturated carbocycles. The summed E-state index contributed by atoms with van der Waals surface area (Å²) in [5, 5.41) is 56.7. The lowest BCUT2D eigenvalue weighted by molar-refractivity contribution is -0.145. The molecule has 18 heteroatoms. The van der Waals surface area contributed by atoms with Gasteiger partial charge in [0.25, 0.3) is 17.9 Å². The van der Waals surface area contributed by atoms with Crippen LogP contribution in [0.4, 0.5) is 0 Å². The fourth-order valence-electron chi connectivity index (χ4n) is 1.48. The van der Waals surface area contributed by atoms with Crippen molar-refractivity contribution in [2.75, 3.05) is 39.3 Å². The Kier molecular flexibility index (Phi) is 45.1. The number of carboxylic acids is 7. The molecule has 0 aliphatic carbocycles. The highest BCUT2D eigenvalue weighted by Crippen LogP contribution is 1.94. The second-order valence-electron chi connectivity index (χ2n) is 5.55. The topological polar surface area (TPSA) is 338 Å². The lowest BCUT2D eigenvalue weighted by atomic mass is 10.4. The van der Waals surface area contributed by atoms with E-state index in [0.29, 0.717) is 0 Å². The van der Waals surface area contributed by atoms with Crippen molar-refractivity contribution < 1.29 is 69.3 Å². The monoisotopic (exact) mass is 534 g/mol. The van der Waals surface area contributed by atoms with Crippen LogP contribution in [0.2, 0.25) is 0 Å². The molecule has 0 fully saturated rings. The van der Waals surface area contributed by atoms with Gasteiger partial charge in [-0.25, -0.2) is 0 Å². The molecule has 0 bridgehead atoms. The van der Waals surface area contributed by atoms with Crippen LogP contribution in [0, 0.1) is 0 Å². The van der Waals surface area contributed by atoms with Gasteiger partial charge in [-0.15, -0.1) is 13.2 Å². The number of carboxylic acid groups (broad SMARTS) is 7. The molecular weight excluding hydrogens is 496 g/mol. The van der Waals surface area contributed by atoms with Gasteiger partial charge in [0, 0.05) is 33.9 Å². The molecule has 0 heterocycles. The molecular formula is C18H38N4O14. The van der Waals surface area contributed by atoms with Gasteiger partial charge >= 0.3 is 23.9 Å². The third-order valence-electron chi connectivity index (χ3n) is 2.17. The number of hydrogen-bond donors (Lipinski definition) is 9. The average molecular weight is 535 g/mol. The molecule has 0 aromatic carbocycles. The Morgan fingerprint density at radius 2 is 0.583 bits per heavy atom. The van der Waals surface area contributed by atoms with Crippen LogP contribution in [0.25, 0.3) is 0 Å². The van der Waals surface area contributed by atoms with Gasteiger partial charge in [-0.1, -0.05) is 0 Å². The molecule has 0 atom stereocenters. The SMILES string of the molecule is C=C.CC(=O)O.CC(=O)O.CC(=O)O.N.N.O=C(O)CN(CCN(CC(=O)O)CC(=O)O)CC(=O)O. The van der Waals surface area contributed by atoms with E-state index >= 15 is 0 Å². The van der Waals surface area contributed by atoms with E-state index in [1.54, 1.807) is 0 Å². The summed E-state index contributed by atoms with van der Waals surface area (Å²) in [5.41, 5.74) is 0. The molecule has 0 spiro atoms. The van der Waals surface area contributed by atoms with Crippen LogP contribution in [0.15, 0.2) is 13.2 Å². The normalized spacial score (nSPS) is 8.14. The largest absolute Gasteiger partial charge is 0.481 e. The van der Waals surface area contributed by atoms with E-state index in [9.17, 15) is 19.2 Å². The van der Waals surface area contributed by atoms with Crippen LogP contribution >= 0.6 is 0 Å². The van der Waals surface area contributed by atoms with E-state index in [1.165, 1.54) is 0 Å². The predicted molar refractivity (Wildman–Crippen MR) is 125 cm³/mol. The lowest BCUT2D eigenvalue weighted by Gasteiger charge is -2.23. The highest BCUT2D eigenvalue weighted by atomic mass is 16.4. The molecule has 0 aliphatic rings. The maximum Gasteiger partial charge on any atom is 0.317 e. The van der Waals surface area contributed by atoms with Crippen LogP contribution in [0.1, 0.15) is 20.8 Å². The van der Waals surface area contributed by atoms with Crippen LogP contribution in [-0.4, -0.2) is 127 Å². The van der Waals surface area contributed by atoms with E-state index in [1.807, 2.05) is 0 Å². The number of rotatable bonds is 11. The van der Waals surface area contributed by atoms with E-state index in [-0.39, 0.29) is 25.4 Å². The average Bonchev–Trinajstić information content (AvgIpc) is 2.57. The zero-order valence-corrected chi connectivity index (χ0v) is 20.5. The van der Waals surface area contributed by atoms with Gasteiger partial charge in [0.05, 0.1) is 26.2 Å². The zero-order valence-electron chi connectivity index (χ0n) is 20.5. The van der Waals surface area contributed by atoms with Gasteiger partial charge in [-0.05, 0) is 0 Å². The van der Waals surface area contributed by atoms with Gasteiger partial charge in [-0.2, -0.15) is 0 Å². The van der Waals surface area contributed by atoms with Gasteiger partial charge < -0.3 is 48.0 Å². The molecule has 0 rings (SSSR count). The van der Waals surface area contributed by atoms with Crippen molar-refractivity contribution in [3.05, 3.63) is 13.2 Å². The third-order valence-corrected chi connectivity index (χ3v) is 2.17. The molecule has 0 aromatic rings. The van der Waals surface area contributed by atoms with E-state index < -0.39 is 68.0 Å². The standard InChI is InChI=1S/C10H16N2O8.3C2H4O2.C2H4.2H3N/c13-7(14)3-11(4-8(15)16)1-2-12(5-9(17)18)6-10(19)20;3*1-2(3)4;1-2;;/h1-6H2,(H,13,14)(H,15,16)(H,17,18)(H,19,20);3*1H3,(H,3,4);1-2H2;2*1H3. The molecule has 18 nitrogen and oxygen atoms in total. The first kappa shape index (κ1) is 49.1. The predicted octanol–water partition coefficient (Wildman–Crippen LogP) is -0.672. The quantitative estimate of drug-likeness (QED) is 0.148. The summed E-state index contributed by atoms with van der Waals surface area (Å²) < 4.78 is 0. The minimum absolute atomic E-state index is 0. The van der Waals surface area contributed by atoms with Crippen LogP contribution in [-0.2, 0) is 33.6 Å². The number of carbonyl (C=O) groups is 7. The molecule has 214 valence electrons. The number of hydrogen-bond acceptors (Lipinski definition) is 11. The smallest absolute Gasteiger partial charge is 0.317 e. The van der Waals surface area contributed by atoms with Gasteiger partial charge in [0.1, 0.15) is 0 Å². The Bertz CT molecular complexity index is 549. The first-order valence-electron chi connectivity index (χ1n) is 8.81. The first-order chi connectivity index (χ1) is 15.4. The van der Waals surface area contributed by atoms with Gasteiger partial charge in [-0.3, -0.25) is 43.4 Å². The van der Waals surface area contributed by atoms with Crippen molar-refractivity contribution in [3.63, 3.8) is 0 Å². The Balaban J connectivity index is -0.0000000869. The Morgan fingerprint density at radius 1 is 0.472 bits per heavy atom. The Morgan fingerprint density at radius 3 is 0.667 bits per heavy atom. The summed E-state index contributed by atoms with van der Waals surface area (Å²) >= 11 is 0. The molecule has 0 aromatic heterocycles. The minimum Gasteiger partial charge on any atom is -0.481 e. The number of aliphatic carboxylic acids is 7. The summed E-state index contributed by atoms with van der Waals surface area (Å²) in [7, 11) is 0. The summed E-state index contributed by atoms with van der Waals surface area (Å²) in [6.45, 7) is 7.00. The van der Waals surface area contributed by atoms with Crippen molar-refractivity contribution >= 4 is 41.8 Å². The highest BCUT2D eigenvalue weighted by Gasteiger charge is 2.17. The second kappa shape index (κ2) is 33.0. The maximum atomic E-state index is 10.6. The van der Waals surface area contributed by atoms with Crippen LogP contribution < -0.4 is 12.3 Å². The summed E-state index contributed by atoms with van der Waals surface area (Å²) in [5.74, 6) is -7.41. The van der Waals surface area contributed by atoms with Crippen LogP contribution in [0.5, 0.6) is 0 Å². The fraction of sp³-hybridized carbons (Fsp3) is 0.500. The van der Waals surface area contributed by atoms with Crippen molar-refractivity contribution in [3.8, 4) is 0 Å². The lowest BCUT2D eigenvalue weighted by Crippen LogP contribution is -2.43. The molecule has 0 amide bonds. The van der Waals surface area contributed by atoms with Crippen molar-refractivity contribution in [2.24, 2.45) is 0 Å². The minimum atomic E-state index is -1.23. The van der Waals surface area contributed by atoms with Crippen molar-refractivity contribution in [2.45, 2.75) is 20.8 Å². The van der Waals surface area contributed by atoms with Gasteiger partial charge in [0.15, 0.2) is 0 Å². The van der Waals surface area contributed by atoms with Crippen LogP contribution in [0.3, 0.4) is 0 Å². The highest BCUT2D eigenvalue weighted by molar-refractivity contribution is 5.73. The molecule has 13 N–H and O–H groups in total. The number of nitrogens with zero attached hydrogens (tertiary/aromatic N) is 2. The van der Waals surface area contributed by atoms with Gasteiger partial charge in [0.2, 0.25) is 0 Å². The summed E-state index contributed by atoms with van der Waals surface area (Å²) in [6.07, 6.45) is 0. The van der Waals surface area contributed by atoms with Crippen molar-refractivity contribution in [1.29, 1.82) is 0 Å². The van der Waals surface area contributed by atoms with E-state index in [4.69, 9.17) is 50.1 Å². The zero-order chi connectivity index (χ0) is 28.4. The molecule has 0 unspecified atom stereocenters. The maximum absolute atomic E-state index is 10.6.